The molecule has 0 radical (unpaired) electrons. The number of nitrogens with zero attached hydrogens (tertiary/aromatic N) is 2. The van der Waals surface area contributed by atoms with Crippen LogP contribution in [-0.2, 0) is 6.54 Å². The van der Waals surface area contributed by atoms with Gasteiger partial charge in [-0.25, -0.2) is 4.98 Å². The fraction of sp³-hybridized carbons (Fsp3) is 0.533. The smallest absolute Gasteiger partial charge is 0.231 e. The molecule has 1 aliphatic heterocycles. The predicted octanol–water partition coefficient (Wildman–Crippen LogP) is 2.63. The molecule has 2 N–H and O–H groups in total. The van der Waals surface area contributed by atoms with Gasteiger partial charge >= 0.3 is 0 Å². The van der Waals surface area contributed by atoms with Crippen LogP contribution in [0.15, 0.2) is 12.1 Å². The molecule has 5 heteroatoms. The molecule has 1 atom stereocenters. The maximum Gasteiger partial charge on any atom is 0.231 e. The van der Waals surface area contributed by atoms with Crippen LogP contribution in [0, 0.1) is 0 Å². The summed E-state index contributed by atoms with van der Waals surface area (Å²) in [6.07, 6.45) is 0.946. The SMILES string of the molecule is CCC(N)Cn1c(C(C)C)nc2cc3c(cc21)OCO3. The van der Waals surface area contributed by atoms with Gasteiger partial charge in [0.05, 0.1) is 11.0 Å². The van der Waals surface area contributed by atoms with Crippen LogP contribution in [-0.4, -0.2) is 22.4 Å². The van der Waals surface area contributed by atoms with Crippen LogP contribution in [0.2, 0.25) is 0 Å². The first kappa shape index (κ1) is 13.2. The van der Waals surface area contributed by atoms with Gasteiger partial charge in [0.1, 0.15) is 5.82 Å². The Bertz CT molecular complexity index is 634. The minimum atomic E-state index is 0.135. The zero-order valence-electron chi connectivity index (χ0n) is 12.2. The maximum absolute atomic E-state index is 6.13. The number of aromatic nitrogens is 2. The molecule has 1 aromatic heterocycles. The first-order valence-electron chi connectivity index (χ1n) is 7.15. The van der Waals surface area contributed by atoms with Crippen LogP contribution >= 0.6 is 0 Å². The second kappa shape index (κ2) is 4.98. The molecule has 2 heterocycles. The van der Waals surface area contributed by atoms with E-state index in [-0.39, 0.29) is 12.8 Å². The molecule has 0 fully saturated rings. The van der Waals surface area contributed by atoms with Crippen LogP contribution in [0.3, 0.4) is 0 Å². The van der Waals surface area contributed by atoms with Crippen LogP contribution in [0.4, 0.5) is 0 Å². The third-order valence-corrected chi connectivity index (χ3v) is 3.73. The van der Waals surface area contributed by atoms with Crippen molar-refractivity contribution >= 4 is 11.0 Å². The molecule has 5 nitrogen and oxygen atoms in total. The predicted molar refractivity (Wildman–Crippen MR) is 78.2 cm³/mol. The lowest BCUT2D eigenvalue weighted by atomic mass is 10.2. The van der Waals surface area contributed by atoms with Crippen molar-refractivity contribution in [3.63, 3.8) is 0 Å². The van der Waals surface area contributed by atoms with Crippen molar-refractivity contribution in [3.8, 4) is 11.5 Å². The van der Waals surface area contributed by atoms with Gasteiger partial charge in [0.2, 0.25) is 6.79 Å². The molecule has 1 aromatic carbocycles. The number of nitrogens with two attached hydrogens (primary N) is 1. The van der Waals surface area contributed by atoms with E-state index in [1.165, 1.54) is 0 Å². The second-order valence-corrected chi connectivity index (χ2v) is 5.60. The second-order valence-electron chi connectivity index (χ2n) is 5.60. The largest absolute Gasteiger partial charge is 0.454 e. The molecule has 0 aliphatic carbocycles. The van der Waals surface area contributed by atoms with E-state index in [2.05, 4.69) is 25.3 Å². The van der Waals surface area contributed by atoms with Crippen molar-refractivity contribution in [1.29, 1.82) is 0 Å². The summed E-state index contributed by atoms with van der Waals surface area (Å²) in [5.74, 6) is 2.98. The van der Waals surface area contributed by atoms with Crippen molar-refractivity contribution in [2.75, 3.05) is 6.79 Å². The van der Waals surface area contributed by atoms with Crippen molar-refractivity contribution in [3.05, 3.63) is 18.0 Å². The lowest BCUT2D eigenvalue weighted by Gasteiger charge is -2.15. The Hall–Kier alpha value is -1.75. The molecule has 0 spiro atoms. The Morgan fingerprint density at radius 1 is 1.30 bits per heavy atom. The molecule has 108 valence electrons. The number of hydrogen-bond donors (Lipinski definition) is 1. The third kappa shape index (κ3) is 2.12. The van der Waals surface area contributed by atoms with Gasteiger partial charge in [-0.15, -0.1) is 0 Å². The zero-order chi connectivity index (χ0) is 14.3. The average molecular weight is 275 g/mol. The minimum absolute atomic E-state index is 0.135. The number of fused-ring (bicyclic) bond motifs is 2. The molecule has 0 amide bonds. The Kier molecular flexibility index (Phi) is 3.30. The van der Waals surface area contributed by atoms with Gasteiger partial charge in [0.15, 0.2) is 11.5 Å². The lowest BCUT2D eigenvalue weighted by molar-refractivity contribution is 0.174. The molecular formula is C15H21N3O2. The van der Waals surface area contributed by atoms with Gasteiger partial charge in [0.25, 0.3) is 0 Å². The third-order valence-electron chi connectivity index (χ3n) is 3.73. The van der Waals surface area contributed by atoms with Gasteiger partial charge in [-0.2, -0.15) is 0 Å². The van der Waals surface area contributed by atoms with Crippen LogP contribution in [0.1, 0.15) is 38.9 Å². The topological polar surface area (TPSA) is 62.3 Å². The normalized spacial score (nSPS) is 15.2. The van der Waals surface area contributed by atoms with E-state index in [4.69, 9.17) is 20.2 Å². The summed E-state index contributed by atoms with van der Waals surface area (Å²) in [6.45, 7) is 7.47. The van der Waals surface area contributed by atoms with Crippen LogP contribution in [0.5, 0.6) is 11.5 Å². The molecule has 0 saturated carbocycles. The quantitative estimate of drug-likeness (QED) is 0.931. The fourth-order valence-electron chi connectivity index (χ4n) is 2.53. The number of rotatable bonds is 4. The average Bonchev–Trinajstić information content (AvgIpc) is 3.00. The summed E-state index contributed by atoms with van der Waals surface area (Å²) in [6, 6.07) is 4.10. The first-order chi connectivity index (χ1) is 9.60. The van der Waals surface area contributed by atoms with Crippen molar-refractivity contribution < 1.29 is 9.47 Å². The van der Waals surface area contributed by atoms with E-state index in [1.807, 2.05) is 12.1 Å². The molecule has 0 bridgehead atoms. The molecule has 0 saturated heterocycles. The molecular weight excluding hydrogens is 254 g/mol. The molecule has 1 aliphatic rings. The maximum atomic E-state index is 6.13. The highest BCUT2D eigenvalue weighted by Crippen LogP contribution is 2.37. The number of benzene rings is 1. The number of imidazole rings is 1. The molecule has 2 aromatic rings. The van der Waals surface area contributed by atoms with Gasteiger partial charge < -0.3 is 19.8 Å². The van der Waals surface area contributed by atoms with E-state index in [1.54, 1.807) is 0 Å². The highest BCUT2D eigenvalue weighted by Gasteiger charge is 2.20. The molecule has 20 heavy (non-hydrogen) atoms. The lowest BCUT2D eigenvalue weighted by Crippen LogP contribution is -2.26. The first-order valence-corrected chi connectivity index (χ1v) is 7.15. The minimum Gasteiger partial charge on any atom is -0.454 e. The highest BCUT2D eigenvalue weighted by molar-refractivity contribution is 5.81. The van der Waals surface area contributed by atoms with Gasteiger partial charge in [-0.1, -0.05) is 20.8 Å². The summed E-state index contributed by atoms with van der Waals surface area (Å²) >= 11 is 0. The van der Waals surface area contributed by atoms with E-state index in [9.17, 15) is 0 Å². The van der Waals surface area contributed by atoms with Crippen molar-refractivity contribution in [2.24, 2.45) is 5.73 Å². The fourth-order valence-corrected chi connectivity index (χ4v) is 2.53. The summed E-state index contributed by atoms with van der Waals surface area (Å²) in [5, 5.41) is 0. The van der Waals surface area contributed by atoms with Crippen molar-refractivity contribution in [2.45, 2.75) is 45.7 Å². The van der Waals surface area contributed by atoms with E-state index >= 15 is 0 Å². The summed E-state index contributed by atoms with van der Waals surface area (Å²) < 4.78 is 13.1. The monoisotopic (exact) mass is 275 g/mol. The van der Waals surface area contributed by atoms with Gasteiger partial charge in [0, 0.05) is 30.6 Å². The number of ether oxygens (including phenoxy) is 2. The van der Waals surface area contributed by atoms with Crippen LogP contribution in [0.25, 0.3) is 11.0 Å². The Morgan fingerprint density at radius 2 is 2.00 bits per heavy atom. The Labute approximate surface area is 118 Å². The van der Waals surface area contributed by atoms with E-state index in [0.717, 1.165) is 41.3 Å². The molecule has 1 unspecified atom stereocenters. The van der Waals surface area contributed by atoms with E-state index in [0.29, 0.717) is 5.92 Å². The zero-order valence-corrected chi connectivity index (χ0v) is 12.2. The Balaban J connectivity index is 2.15. The summed E-state index contributed by atoms with van der Waals surface area (Å²) in [5.41, 5.74) is 8.15. The van der Waals surface area contributed by atoms with E-state index < -0.39 is 0 Å². The van der Waals surface area contributed by atoms with Gasteiger partial charge in [-0.05, 0) is 6.42 Å². The van der Waals surface area contributed by atoms with Crippen molar-refractivity contribution in [1.82, 2.24) is 9.55 Å². The standard InChI is InChI=1S/C15H21N3O2/c1-4-10(16)7-18-12-6-14-13(19-8-20-14)5-11(12)17-15(18)9(2)3/h5-6,9-10H,4,7-8,16H2,1-3H3. The summed E-state index contributed by atoms with van der Waals surface area (Å²) in [4.78, 5) is 4.75. The molecule has 3 rings (SSSR count). The highest BCUT2D eigenvalue weighted by atomic mass is 16.7. The van der Waals surface area contributed by atoms with Crippen LogP contribution < -0.4 is 15.2 Å². The Morgan fingerprint density at radius 3 is 2.65 bits per heavy atom. The van der Waals surface area contributed by atoms with Gasteiger partial charge in [-0.3, -0.25) is 0 Å². The number of hydrogen-bond acceptors (Lipinski definition) is 4. The summed E-state index contributed by atoms with van der Waals surface area (Å²) in [7, 11) is 0.